The minimum Gasteiger partial charge on any atom is -0.476 e. The first-order valence-corrected chi connectivity index (χ1v) is 6.61. The number of rotatable bonds is 2. The molecule has 0 unspecified atom stereocenters. The lowest BCUT2D eigenvalue weighted by molar-refractivity contribution is 0.0690. The maximum atomic E-state index is 10.8. The van der Waals surface area contributed by atoms with Gasteiger partial charge in [0.1, 0.15) is 0 Å². The monoisotopic (exact) mass is 352 g/mol. The summed E-state index contributed by atoms with van der Waals surface area (Å²) in [5.41, 5.74) is 0.125. The van der Waals surface area contributed by atoms with Crippen molar-refractivity contribution >= 4 is 51.2 Å². The fraction of sp³-hybridized carbons (Fsp3) is 0.125. The molecule has 2 aromatic heterocycles. The molecule has 0 saturated carbocycles. The summed E-state index contributed by atoms with van der Waals surface area (Å²) in [6, 6.07) is 0. The molecular weight excluding hydrogens is 347 g/mol. The maximum absolute atomic E-state index is 10.8. The zero-order valence-corrected chi connectivity index (χ0v) is 11.3. The van der Waals surface area contributed by atoms with Crippen LogP contribution in [0.15, 0.2) is 6.20 Å². The molecule has 0 aromatic carbocycles. The van der Waals surface area contributed by atoms with Gasteiger partial charge in [-0.1, -0.05) is 0 Å². The SMILES string of the molecule is Cc1sc(-c2ncc(I)s2)nc1C(=O)O. The van der Waals surface area contributed by atoms with Gasteiger partial charge in [0.25, 0.3) is 0 Å². The van der Waals surface area contributed by atoms with Gasteiger partial charge >= 0.3 is 5.97 Å². The number of nitrogens with zero attached hydrogens (tertiary/aromatic N) is 2. The van der Waals surface area contributed by atoms with Gasteiger partial charge in [-0.25, -0.2) is 14.8 Å². The Balaban J connectivity index is 2.46. The number of halogens is 1. The third-order valence-corrected chi connectivity index (χ3v) is 4.50. The lowest BCUT2D eigenvalue weighted by atomic mass is 10.4. The predicted octanol–water partition coefficient (Wildman–Crippen LogP) is 2.88. The molecule has 0 aliphatic rings. The minimum atomic E-state index is -0.985. The average molecular weight is 352 g/mol. The van der Waals surface area contributed by atoms with Crippen LogP contribution in [0.1, 0.15) is 15.4 Å². The summed E-state index contributed by atoms with van der Waals surface area (Å²) in [5, 5.41) is 10.3. The highest BCUT2D eigenvalue weighted by atomic mass is 127. The highest BCUT2D eigenvalue weighted by Crippen LogP contribution is 2.31. The fourth-order valence-corrected chi connectivity index (χ4v) is 3.38. The molecule has 0 radical (unpaired) electrons. The summed E-state index contributed by atoms with van der Waals surface area (Å²) < 4.78 is 1.06. The summed E-state index contributed by atoms with van der Waals surface area (Å²) in [5.74, 6) is -0.985. The Kier molecular flexibility index (Phi) is 3.03. The molecule has 15 heavy (non-hydrogen) atoms. The van der Waals surface area contributed by atoms with E-state index in [0.717, 1.165) is 7.89 Å². The Morgan fingerprint density at radius 1 is 1.47 bits per heavy atom. The molecule has 2 heterocycles. The number of carboxylic acids is 1. The number of hydrogen-bond donors (Lipinski definition) is 1. The van der Waals surface area contributed by atoms with Crippen LogP contribution in [0.4, 0.5) is 0 Å². The van der Waals surface area contributed by atoms with Crippen LogP contribution < -0.4 is 0 Å². The number of aryl methyl sites for hydroxylation is 1. The Labute approximate surface area is 107 Å². The molecule has 0 fully saturated rings. The van der Waals surface area contributed by atoms with Crippen molar-refractivity contribution in [2.75, 3.05) is 0 Å². The summed E-state index contributed by atoms with van der Waals surface area (Å²) in [6.45, 7) is 1.75. The van der Waals surface area contributed by atoms with Gasteiger partial charge in [-0.15, -0.1) is 22.7 Å². The van der Waals surface area contributed by atoms with E-state index < -0.39 is 5.97 Å². The van der Waals surface area contributed by atoms with Crippen molar-refractivity contribution in [2.24, 2.45) is 0 Å². The standard InChI is InChI=1S/C8H5IN2O2S2/c1-3-5(8(12)13)11-7(14-3)6-10-2-4(9)15-6/h2H,1H3,(H,12,13). The molecule has 0 saturated heterocycles. The number of aromatic nitrogens is 2. The zero-order chi connectivity index (χ0) is 11.0. The molecule has 0 aliphatic heterocycles. The highest BCUT2D eigenvalue weighted by Gasteiger charge is 2.16. The predicted molar refractivity (Wildman–Crippen MR) is 67.6 cm³/mol. The normalized spacial score (nSPS) is 10.5. The van der Waals surface area contributed by atoms with Crippen LogP contribution in [-0.2, 0) is 0 Å². The minimum absolute atomic E-state index is 0.125. The Bertz CT molecular complexity index is 520. The topological polar surface area (TPSA) is 63.1 Å². The Morgan fingerprint density at radius 3 is 2.67 bits per heavy atom. The number of hydrogen-bond acceptors (Lipinski definition) is 5. The van der Waals surface area contributed by atoms with Crippen LogP contribution in [0.5, 0.6) is 0 Å². The van der Waals surface area contributed by atoms with Crippen LogP contribution in [0.2, 0.25) is 0 Å². The van der Waals surface area contributed by atoms with Gasteiger partial charge in [-0.3, -0.25) is 0 Å². The average Bonchev–Trinajstić information content (AvgIpc) is 2.71. The summed E-state index contributed by atoms with van der Waals surface area (Å²) in [4.78, 5) is 19.7. The number of aromatic carboxylic acids is 1. The third-order valence-electron chi connectivity index (χ3n) is 1.66. The van der Waals surface area contributed by atoms with Gasteiger partial charge in [0, 0.05) is 4.88 Å². The number of thiazole rings is 2. The second-order valence-electron chi connectivity index (χ2n) is 2.70. The van der Waals surface area contributed by atoms with E-state index in [1.54, 1.807) is 13.1 Å². The van der Waals surface area contributed by atoms with Crippen LogP contribution >= 0.6 is 45.3 Å². The first kappa shape index (κ1) is 11.0. The third kappa shape index (κ3) is 2.18. The molecule has 0 aliphatic carbocycles. The van der Waals surface area contributed by atoms with Crippen LogP contribution in [-0.4, -0.2) is 21.0 Å². The van der Waals surface area contributed by atoms with E-state index in [1.807, 2.05) is 0 Å². The first-order valence-electron chi connectivity index (χ1n) is 3.90. The first-order chi connectivity index (χ1) is 7.08. The van der Waals surface area contributed by atoms with Gasteiger partial charge in [-0.2, -0.15) is 0 Å². The van der Waals surface area contributed by atoms with E-state index in [-0.39, 0.29) is 5.69 Å². The second-order valence-corrected chi connectivity index (χ2v) is 6.83. The van der Waals surface area contributed by atoms with Crippen LogP contribution in [0.25, 0.3) is 10.0 Å². The van der Waals surface area contributed by atoms with Gasteiger partial charge in [-0.05, 0) is 29.5 Å². The van der Waals surface area contributed by atoms with Crippen molar-refractivity contribution in [1.29, 1.82) is 0 Å². The van der Waals surface area contributed by atoms with E-state index >= 15 is 0 Å². The molecule has 78 valence electrons. The summed E-state index contributed by atoms with van der Waals surface area (Å²) in [7, 11) is 0. The molecule has 0 amide bonds. The number of carbonyl (C=O) groups is 1. The molecule has 2 rings (SSSR count). The quantitative estimate of drug-likeness (QED) is 0.845. The molecule has 0 atom stereocenters. The van der Waals surface area contributed by atoms with E-state index in [4.69, 9.17) is 5.11 Å². The van der Waals surface area contributed by atoms with Crippen molar-refractivity contribution in [3.05, 3.63) is 19.7 Å². The maximum Gasteiger partial charge on any atom is 0.355 e. The smallest absolute Gasteiger partial charge is 0.355 e. The van der Waals surface area contributed by atoms with Crippen molar-refractivity contribution in [3.63, 3.8) is 0 Å². The van der Waals surface area contributed by atoms with Gasteiger partial charge in [0.05, 0.1) is 9.08 Å². The summed E-state index contributed by atoms with van der Waals surface area (Å²) in [6.07, 6.45) is 1.75. The second kappa shape index (κ2) is 4.14. The van der Waals surface area contributed by atoms with Gasteiger partial charge in [0.2, 0.25) is 0 Å². The van der Waals surface area contributed by atoms with E-state index in [2.05, 4.69) is 32.6 Å². The van der Waals surface area contributed by atoms with Gasteiger partial charge in [0.15, 0.2) is 15.7 Å². The zero-order valence-electron chi connectivity index (χ0n) is 7.52. The molecule has 2 aromatic rings. The fourth-order valence-electron chi connectivity index (χ4n) is 1.04. The largest absolute Gasteiger partial charge is 0.476 e. The van der Waals surface area contributed by atoms with Crippen molar-refractivity contribution in [2.45, 2.75) is 6.92 Å². The van der Waals surface area contributed by atoms with Gasteiger partial charge < -0.3 is 5.11 Å². The van der Waals surface area contributed by atoms with Crippen molar-refractivity contribution in [3.8, 4) is 10.0 Å². The van der Waals surface area contributed by atoms with E-state index in [1.165, 1.54) is 22.7 Å². The van der Waals surface area contributed by atoms with Crippen molar-refractivity contribution < 1.29 is 9.90 Å². The molecule has 7 heteroatoms. The van der Waals surface area contributed by atoms with Crippen LogP contribution in [0.3, 0.4) is 0 Å². The molecular formula is C8H5IN2O2S2. The lowest BCUT2D eigenvalue weighted by Crippen LogP contribution is -1.98. The lowest BCUT2D eigenvalue weighted by Gasteiger charge is -1.85. The molecule has 4 nitrogen and oxygen atoms in total. The summed E-state index contributed by atoms with van der Waals surface area (Å²) >= 11 is 5.04. The molecule has 1 N–H and O–H groups in total. The van der Waals surface area contributed by atoms with Crippen LogP contribution in [0, 0.1) is 9.81 Å². The molecule has 0 bridgehead atoms. The van der Waals surface area contributed by atoms with E-state index in [9.17, 15) is 4.79 Å². The molecule has 0 spiro atoms. The Hall–Kier alpha value is -0.540. The number of carboxylic acid groups (broad SMARTS) is 1. The van der Waals surface area contributed by atoms with Crippen molar-refractivity contribution in [1.82, 2.24) is 9.97 Å². The van der Waals surface area contributed by atoms with E-state index in [0.29, 0.717) is 9.88 Å². The highest BCUT2D eigenvalue weighted by molar-refractivity contribution is 14.1. The Morgan fingerprint density at radius 2 is 2.20 bits per heavy atom.